The number of benzene rings is 1. The van der Waals surface area contributed by atoms with Crippen LogP contribution in [0.25, 0.3) is 0 Å². The Bertz CT molecular complexity index is 579. The summed E-state index contributed by atoms with van der Waals surface area (Å²) in [4.78, 5) is 19.1. The first-order chi connectivity index (χ1) is 12.2. The molecule has 2 amide bonds. The summed E-state index contributed by atoms with van der Waals surface area (Å²) in [5, 5.41) is 0. The minimum atomic E-state index is 0.200. The zero-order valence-electron chi connectivity index (χ0n) is 15.4. The number of rotatable bonds is 6. The van der Waals surface area contributed by atoms with Gasteiger partial charge in [0.2, 0.25) is 6.79 Å². The van der Waals surface area contributed by atoms with Gasteiger partial charge in [0.05, 0.1) is 0 Å². The third kappa shape index (κ3) is 4.37. The molecule has 0 saturated carbocycles. The highest BCUT2D eigenvalue weighted by molar-refractivity contribution is 5.74. The number of fused-ring (bicyclic) bond motifs is 1. The van der Waals surface area contributed by atoms with E-state index in [2.05, 4.69) is 30.9 Å². The highest BCUT2D eigenvalue weighted by Crippen LogP contribution is 2.32. The Kier molecular flexibility index (Phi) is 6.02. The third-order valence-electron chi connectivity index (χ3n) is 4.74. The van der Waals surface area contributed by atoms with Crippen molar-refractivity contribution < 1.29 is 14.3 Å². The molecule has 0 atom stereocenters. The highest BCUT2D eigenvalue weighted by Gasteiger charge is 2.25. The van der Waals surface area contributed by atoms with Gasteiger partial charge in [-0.05, 0) is 30.5 Å². The lowest BCUT2D eigenvalue weighted by Crippen LogP contribution is -2.52. The second-order valence-corrected chi connectivity index (χ2v) is 6.72. The van der Waals surface area contributed by atoms with Crippen LogP contribution in [0.1, 0.15) is 32.3 Å². The summed E-state index contributed by atoms with van der Waals surface area (Å²) >= 11 is 0. The number of carbonyl (C=O) groups excluding carboxylic acids is 1. The molecular weight excluding hydrogens is 318 g/mol. The van der Waals surface area contributed by atoms with Gasteiger partial charge in [0.25, 0.3) is 0 Å². The van der Waals surface area contributed by atoms with E-state index in [1.165, 1.54) is 5.56 Å². The Morgan fingerprint density at radius 3 is 2.40 bits per heavy atom. The van der Waals surface area contributed by atoms with Crippen LogP contribution in [0.15, 0.2) is 18.2 Å². The fourth-order valence-electron chi connectivity index (χ4n) is 3.44. The molecule has 0 aliphatic carbocycles. The van der Waals surface area contributed by atoms with E-state index in [4.69, 9.17) is 9.47 Å². The molecule has 0 bridgehead atoms. The minimum Gasteiger partial charge on any atom is -0.454 e. The summed E-state index contributed by atoms with van der Waals surface area (Å²) in [5.74, 6) is 1.66. The van der Waals surface area contributed by atoms with Crippen LogP contribution >= 0.6 is 0 Å². The molecule has 0 aromatic heterocycles. The van der Waals surface area contributed by atoms with Crippen LogP contribution < -0.4 is 9.47 Å². The van der Waals surface area contributed by atoms with Crippen LogP contribution in [0.3, 0.4) is 0 Å². The van der Waals surface area contributed by atoms with Crippen molar-refractivity contribution in [3.8, 4) is 11.5 Å². The average molecular weight is 347 g/mol. The molecule has 0 unspecified atom stereocenters. The molecule has 138 valence electrons. The number of amides is 2. The molecule has 2 aliphatic heterocycles. The van der Waals surface area contributed by atoms with Gasteiger partial charge < -0.3 is 19.3 Å². The van der Waals surface area contributed by atoms with Gasteiger partial charge in [-0.15, -0.1) is 0 Å². The number of carbonyl (C=O) groups is 1. The van der Waals surface area contributed by atoms with E-state index in [1.54, 1.807) is 0 Å². The van der Waals surface area contributed by atoms with Crippen LogP contribution in [0.4, 0.5) is 4.79 Å². The topological polar surface area (TPSA) is 45.3 Å². The Morgan fingerprint density at radius 1 is 1.04 bits per heavy atom. The summed E-state index contributed by atoms with van der Waals surface area (Å²) in [7, 11) is 0. The second kappa shape index (κ2) is 8.43. The van der Waals surface area contributed by atoms with Crippen molar-refractivity contribution in [3.63, 3.8) is 0 Å². The standard InChI is InChI=1S/C19H29N3O3/c1-3-7-21(8-4-2)19(23)22-11-9-20(10-12-22)14-16-5-6-17-18(13-16)25-15-24-17/h5-6,13H,3-4,7-12,14-15H2,1-2H3. The smallest absolute Gasteiger partial charge is 0.320 e. The summed E-state index contributed by atoms with van der Waals surface area (Å²) in [5.41, 5.74) is 1.22. The van der Waals surface area contributed by atoms with Crippen molar-refractivity contribution in [1.82, 2.24) is 14.7 Å². The monoisotopic (exact) mass is 347 g/mol. The van der Waals surface area contributed by atoms with Crippen molar-refractivity contribution in [3.05, 3.63) is 23.8 Å². The van der Waals surface area contributed by atoms with E-state index in [1.807, 2.05) is 15.9 Å². The predicted molar refractivity (Wildman–Crippen MR) is 97.0 cm³/mol. The molecule has 1 aromatic rings. The molecule has 1 aromatic carbocycles. The number of piperazine rings is 1. The molecule has 0 N–H and O–H groups in total. The molecule has 2 heterocycles. The van der Waals surface area contributed by atoms with Gasteiger partial charge >= 0.3 is 6.03 Å². The van der Waals surface area contributed by atoms with E-state index in [0.29, 0.717) is 6.79 Å². The Labute approximate surface area is 150 Å². The maximum absolute atomic E-state index is 12.7. The summed E-state index contributed by atoms with van der Waals surface area (Å²) in [6, 6.07) is 6.33. The Hall–Kier alpha value is -1.95. The molecule has 0 spiro atoms. The largest absolute Gasteiger partial charge is 0.454 e. The normalized spacial score (nSPS) is 17.0. The number of hydrogen-bond acceptors (Lipinski definition) is 4. The fraction of sp³-hybridized carbons (Fsp3) is 0.632. The molecule has 0 radical (unpaired) electrons. The van der Waals surface area contributed by atoms with Gasteiger partial charge in [0.1, 0.15) is 0 Å². The maximum atomic E-state index is 12.7. The quantitative estimate of drug-likeness (QED) is 0.794. The Balaban J connectivity index is 1.50. The molecule has 6 nitrogen and oxygen atoms in total. The summed E-state index contributed by atoms with van der Waals surface area (Å²) in [6.07, 6.45) is 2.02. The van der Waals surface area contributed by atoms with Gasteiger partial charge in [-0.2, -0.15) is 0 Å². The third-order valence-corrected chi connectivity index (χ3v) is 4.74. The summed E-state index contributed by atoms with van der Waals surface area (Å²) in [6.45, 7) is 10.6. The van der Waals surface area contributed by atoms with E-state index < -0.39 is 0 Å². The fourth-order valence-corrected chi connectivity index (χ4v) is 3.44. The SMILES string of the molecule is CCCN(CCC)C(=O)N1CCN(Cc2ccc3c(c2)OCO3)CC1. The zero-order chi connectivity index (χ0) is 17.6. The minimum absolute atomic E-state index is 0.200. The lowest BCUT2D eigenvalue weighted by Gasteiger charge is -2.37. The van der Waals surface area contributed by atoms with Crippen LogP contribution in [-0.2, 0) is 6.54 Å². The number of urea groups is 1. The second-order valence-electron chi connectivity index (χ2n) is 6.72. The average Bonchev–Trinajstić information content (AvgIpc) is 3.09. The van der Waals surface area contributed by atoms with Gasteiger partial charge in [-0.25, -0.2) is 4.79 Å². The van der Waals surface area contributed by atoms with E-state index >= 15 is 0 Å². The predicted octanol–water partition coefficient (Wildman–Crippen LogP) is 2.77. The van der Waals surface area contributed by atoms with Gasteiger partial charge in [0, 0.05) is 45.8 Å². The van der Waals surface area contributed by atoms with Crippen LogP contribution in [0.5, 0.6) is 11.5 Å². The first-order valence-corrected chi connectivity index (χ1v) is 9.36. The van der Waals surface area contributed by atoms with Crippen LogP contribution in [-0.4, -0.2) is 66.8 Å². The maximum Gasteiger partial charge on any atom is 0.320 e. The van der Waals surface area contributed by atoms with Gasteiger partial charge in [0.15, 0.2) is 11.5 Å². The lowest BCUT2D eigenvalue weighted by molar-refractivity contribution is 0.109. The molecule has 6 heteroatoms. The van der Waals surface area contributed by atoms with E-state index in [-0.39, 0.29) is 6.03 Å². The molecule has 1 fully saturated rings. The number of nitrogens with zero attached hydrogens (tertiary/aromatic N) is 3. The van der Waals surface area contributed by atoms with E-state index in [0.717, 1.165) is 70.2 Å². The molecule has 1 saturated heterocycles. The molecule has 25 heavy (non-hydrogen) atoms. The van der Waals surface area contributed by atoms with Crippen LogP contribution in [0, 0.1) is 0 Å². The summed E-state index contributed by atoms with van der Waals surface area (Å²) < 4.78 is 10.8. The zero-order valence-corrected chi connectivity index (χ0v) is 15.4. The first-order valence-electron chi connectivity index (χ1n) is 9.36. The van der Waals surface area contributed by atoms with E-state index in [9.17, 15) is 4.79 Å². The molecule has 3 rings (SSSR count). The molecular formula is C19H29N3O3. The number of ether oxygens (including phenoxy) is 2. The van der Waals surface area contributed by atoms with Crippen molar-refractivity contribution >= 4 is 6.03 Å². The van der Waals surface area contributed by atoms with Crippen molar-refractivity contribution in [2.45, 2.75) is 33.2 Å². The van der Waals surface area contributed by atoms with Gasteiger partial charge in [-0.1, -0.05) is 19.9 Å². The van der Waals surface area contributed by atoms with Crippen molar-refractivity contribution in [1.29, 1.82) is 0 Å². The first kappa shape index (κ1) is 17.9. The highest BCUT2D eigenvalue weighted by atomic mass is 16.7. The van der Waals surface area contributed by atoms with Gasteiger partial charge in [-0.3, -0.25) is 4.90 Å². The van der Waals surface area contributed by atoms with Crippen molar-refractivity contribution in [2.75, 3.05) is 46.1 Å². The Morgan fingerprint density at radius 2 is 1.72 bits per heavy atom. The molecule has 2 aliphatic rings. The van der Waals surface area contributed by atoms with Crippen LogP contribution in [0.2, 0.25) is 0 Å². The number of hydrogen-bond donors (Lipinski definition) is 0. The lowest BCUT2D eigenvalue weighted by atomic mass is 10.1. The van der Waals surface area contributed by atoms with Crippen molar-refractivity contribution in [2.24, 2.45) is 0 Å².